The highest BCUT2D eigenvalue weighted by atomic mass is 35.5. The van der Waals surface area contributed by atoms with Crippen LogP contribution in [0.5, 0.6) is 5.75 Å². The van der Waals surface area contributed by atoms with Gasteiger partial charge in [-0.3, -0.25) is 0 Å². The zero-order valence-electron chi connectivity index (χ0n) is 23.2. The fourth-order valence-electron chi connectivity index (χ4n) is 5.42. The first-order chi connectivity index (χ1) is 19.4. The first kappa shape index (κ1) is 30.4. The average molecular weight is 591 g/mol. The van der Waals surface area contributed by atoms with Crippen LogP contribution in [0.3, 0.4) is 0 Å². The number of rotatable bonds is 8. The number of hydrogen-bond acceptors (Lipinski definition) is 6. The zero-order chi connectivity index (χ0) is 29.7. The number of anilines is 1. The predicted molar refractivity (Wildman–Crippen MR) is 151 cm³/mol. The van der Waals surface area contributed by atoms with Crippen LogP contribution in [0, 0.1) is 0 Å². The van der Waals surface area contributed by atoms with Gasteiger partial charge in [0.1, 0.15) is 0 Å². The van der Waals surface area contributed by atoms with Crippen LogP contribution in [-0.4, -0.2) is 50.3 Å². The summed E-state index contributed by atoms with van der Waals surface area (Å²) in [5.74, 6) is 0.128. The van der Waals surface area contributed by atoms with E-state index in [0.29, 0.717) is 31.2 Å². The Morgan fingerprint density at radius 2 is 1.76 bits per heavy atom. The van der Waals surface area contributed by atoms with E-state index in [1.807, 2.05) is 60.9 Å². The summed E-state index contributed by atoms with van der Waals surface area (Å²) in [7, 11) is 0. The van der Waals surface area contributed by atoms with Crippen LogP contribution in [0.15, 0.2) is 60.9 Å². The van der Waals surface area contributed by atoms with Crippen molar-refractivity contribution in [2.45, 2.75) is 83.4 Å². The van der Waals surface area contributed by atoms with Gasteiger partial charge in [-0.2, -0.15) is 13.2 Å². The van der Waals surface area contributed by atoms with E-state index in [2.05, 4.69) is 9.97 Å². The number of benzene rings is 2. The Morgan fingerprint density at radius 3 is 2.37 bits per heavy atom. The van der Waals surface area contributed by atoms with Crippen molar-refractivity contribution in [3.63, 3.8) is 0 Å². The molecule has 0 radical (unpaired) electrons. The summed E-state index contributed by atoms with van der Waals surface area (Å²) < 4.78 is 46.4. The summed E-state index contributed by atoms with van der Waals surface area (Å²) >= 11 is 6.11. The fourth-order valence-corrected chi connectivity index (χ4v) is 5.68. The van der Waals surface area contributed by atoms with Crippen molar-refractivity contribution in [1.29, 1.82) is 0 Å². The Balaban J connectivity index is 1.73. The first-order valence-corrected chi connectivity index (χ1v) is 14.0. The molecule has 3 atom stereocenters. The lowest BCUT2D eigenvalue weighted by molar-refractivity contribution is -0.137. The lowest BCUT2D eigenvalue weighted by Gasteiger charge is -2.47. The number of amides is 1. The third-order valence-corrected chi connectivity index (χ3v) is 7.39. The molecule has 1 aliphatic heterocycles. The maximum Gasteiger partial charge on any atom is 0.416 e. The molecule has 11 heteroatoms. The summed E-state index contributed by atoms with van der Waals surface area (Å²) in [6.07, 6.45) is -0.497. The van der Waals surface area contributed by atoms with E-state index < -0.39 is 11.7 Å². The molecule has 1 aliphatic rings. The molecule has 0 bridgehead atoms. The molecule has 1 fully saturated rings. The number of piperidine rings is 1. The Kier molecular flexibility index (Phi) is 9.63. The van der Waals surface area contributed by atoms with E-state index >= 15 is 0 Å². The first-order valence-electron chi connectivity index (χ1n) is 13.6. The number of halogens is 4. The summed E-state index contributed by atoms with van der Waals surface area (Å²) in [4.78, 5) is 25.6. The van der Waals surface area contributed by atoms with Gasteiger partial charge in [0.05, 0.1) is 24.1 Å². The minimum absolute atomic E-state index is 0.0268. The standard InChI is InChI=1S/C30H34ClF3N4O3/c1-4-24-14-25(15-26(12-20-8-6-5-7-9-20)38(24)29(40)41-19(2)3)37(28-35-16-27(39)17-36-28)18-21-10-22(30(32,33)34)13-23(31)11-21/h5-11,13,16-17,19,24-26,39H,4,12,14-15,18H2,1-3H3/t24-,25?,26+/m1/s1. The van der Waals surface area contributed by atoms with Crippen molar-refractivity contribution in [2.75, 3.05) is 4.90 Å². The highest BCUT2D eigenvalue weighted by molar-refractivity contribution is 6.30. The molecule has 0 spiro atoms. The molecule has 2 aromatic carbocycles. The number of aromatic nitrogens is 2. The quantitative estimate of drug-likeness (QED) is 0.297. The van der Waals surface area contributed by atoms with Crippen molar-refractivity contribution < 1.29 is 27.8 Å². The van der Waals surface area contributed by atoms with Crippen LogP contribution in [0.25, 0.3) is 0 Å². The highest BCUT2D eigenvalue weighted by Crippen LogP contribution is 2.36. The lowest BCUT2D eigenvalue weighted by atomic mass is 9.86. The monoisotopic (exact) mass is 590 g/mol. The number of carbonyl (C=O) groups is 1. The second-order valence-corrected chi connectivity index (χ2v) is 11.0. The van der Waals surface area contributed by atoms with Crippen LogP contribution in [0.1, 0.15) is 56.7 Å². The van der Waals surface area contributed by atoms with Crippen LogP contribution >= 0.6 is 11.6 Å². The van der Waals surface area contributed by atoms with E-state index in [4.69, 9.17) is 16.3 Å². The van der Waals surface area contributed by atoms with Gasteiger partial charge in [0.15, 0.2) is 5.75 Å². The number of nitrogens with zero attached hydrogens (tertiary/aromatic N) is 4. The van der Waals surface area contributed by atoms with Crippen molar-refractivity contribution >= 4 is 23.6 Å². The van der Waals surface area contributed by atoms with Crippen LogP contribution in [-0.2, 0) is 23.9 Å². The van der Waals surface area contributed by atoms with Gasteiger partial charge in [-0.1, -0.05) is 48.9 Å². The van der Waals surface area contributed by atoms with Crippen LogP contribution in [0.2, 0.25) is 5.02 Å². The molecule has 1 N–H and O–H groups in total. The topological polar surface area (TPSA) is 78.8 Å². The third kappa shape index (κ3) is 7.81. The number of carbonyl (C=O) groups excluding carboxylic acids is 1. The lowest BCUT2D eigenvalue weighted by Crippen LogP contribution is -2.58. The van der Waals surface area contributed by atoms with E-state index in [-0.39, 0.29) is 53.6 Å². The van der Waals surface area contributed by atoms with Gasteiger partial charge in [-0.25, -0.2) is 14.8 Å². The average Bonchev–Trinajstić information content (AvgIpc) is 2.91. The summed E-state index contributed by atoms with van der Waals surface area (Å²) in [6, 6.07) is 12.6. The minimum Gasteiger partial charge on any atom is -0.505 e. The summed E-state index contributed by atoms with van der Waals surface area (Å²) in [5, 5.41) is 9.78. The van der Waals surface area contributed by atoms with E-state index in [0.717, 1.165) is 17.7 Å². The molecule has 0 saturated carbocycles. The minimum atomic E-state index is -4.56. The number of aromatic hydroxyl groups is 1. The molecule has 0 aliphatic carbocycles. The van der Waals surface area contributed by atoms with Crippen LogP contribution < -0.4 is 4.90 Å². The molecule has 7 nitrogen and oxygen atoms in total. The summed E-state index contributed by atoms with van der Waals surface area (Å²) in [5.41, 5.74) is 0.550. The zero-order valence-corrected chi connectivity index (χ0v) is 23.9. The molecule has 41 heavy (non-hydrogen) atoms. The van der Waals surface area contributed by atoms with E-state index in [1.165, 1.54) is 18.5 Å². The van der Waals surface area contributed by atoms with Gasteiger partial charge in [-0.15, -0.1) is 0 Å². The second kappa shape index (κ2) is 13.0. The van der Waals surface area contributed by atoms with Gasteiger partial charge in [0.2, 0.25) is 5.95 Å². The van der Waals surface area contributed by atoms with Gasteiger partial charge < -0.3 is 19.6 Å². The van der Waals surface area contributed by atoms with Crippen molar-refractivity contribution in [2.24, 2.45) is 0 Å². The fraction of sp³-hybridized carbons (Fsp3) is 0.433. The summed E-state index contributed by atoms with van der Waals surface area (Å²) in [6.45, 7) is 5.66. The van der Waals surface area contributed by atoms with Gasteiger partial charge in [0, 0.05) is 29.7 Å². The molecule has 1 amide bonds. The largest absolute Gasteiger partial charge is 0.505 e. The maximum absolute atomic E-state index is 13.6. The van der Waals surface area contributed by atoms with Gasteiger partial charge in [0.25, 0.3) is 0 Å². The van der Waals surface area contributed by atoms with Crippen molar-refractivity contribution in [1.82, 2.24) is 14.9 Å². The Morgan fingerprint density at radius 1 is 1.10 bits per heavy atom. The normalized spacial score (nSPS) is 19.3. The molecular weight excluding hydrogens is 557 g/mol. The van der Waals surface area contributed by atoms with Gasteiger partial charge >= 0.3 is 12.3 Å². The number of likely N-dealkylation sites (tertiary alicyclic amines) is 1. The van der Waals surface area contributed by atoms with Crippen molar-refractivity contribution in [3.05, 3.63) is 82.6 Å². The molecule has 4 rings (SSSR count). The Hall–Kier alpha value is -3.53. The Labute approximate surface area is 242 Å². The van der Waals surface area contributed by atoms with Crippen LogP contribution in [0.4, 0.5) is 23.9 Å². The van der Waals surface area contributed by atoms with E-state index in [9.17, 15) is 23.1 Å². The molecule has 1 unspecified atom stereocenters. The van der Waals surface area contributed by atoms with Gasteiger partial charge in [-0.05, 0) is 68.9 Å². The molecule has 3 aromatic rings. The number of ether oxygens (including phenoxy) is 1. The second-order valence-electron chi connectivity index (χ2n) is 10.6. The maximum atomic E-state index is 13.6. The smallest absolute Gasteiger partial charge is 0.416 e. The number of hydrogen-bond donors (Lipinski definition) is 1. The number of alkyl halides is 3. The Bertz CT molecular complexity index is 1310. The molecular formula is C30H34ClF3N4O3. The predicted octanol–water partition coefficient (Wildman–Crippen LogP) is 7.26. The molecule has 220 valence electrons. The third-order valence-electron chi connectivity index (χ3n) is 7.17. The molecule has 2 heterocycles. The van der Waals surface area contributed by atoms with Crippen molar-refractivity contribution in [3.8, 4) is 5.75 Å². The highest BCUT2D eigenvalue weighted by Gasteiger charge is 2.41. The molecule has 1 aromatic heterocycles. The van der Waals surface area contributed by atoms with E-state index in [1.54, 1.807) is 0 Å². The SMILES string of the molecule is CC[C@@H]1CC(N(Cc2cc(Cl)cc(C(F)(F)F)c2)c2ncc(O)cn2)C[C@H](Cc2ccccc2)N1C(=O)OC(C)C. The molecule has 1 saturated heterocycles.